The number of aryl methyl sites for hydroxylation is 1. The Morgan fingerprint density at radius 2 is 1.48 bits per heavy atom. The summed E-state index contributed by atoms with van der Waals surface area (Å²) in [6.45, 7) is 2.31. The molecule has 0 aromatic heterocycles. The normalized spacial score (nSPS) is 11.6. The third kappa shape index (κ3) is 6.25. The van der Waals surface area contributed by atoms with Crippen LogP contribution < -0.4 is 5.32 Å². The molecule has 4 nitrogen and oxygen atoms in total. The van der Waals surface area contributed by atoms with E-state index in [0.29, 0.717) is 18.5 Å². The van der Waals surface area contributed by atoms with E-state index in [2.05, 4.69) is 5.32 Å². The molecule has 5 heteroatoms. The highest BCUT2D eigenvalue weighted by atomic mass is 19.1. The van der Waals surface area contributed by atoms with E-state index >= 15 is 0 Å². The molecule has 0 heterocycles. The molecule has 0 aliphatic carbocycles. The maximum Gasteiger partial charge on any atom is 0.242 e. The number of nitrogens with one attached hydrogen (secondary N) is 1. The van der Waals surface area contributed by atoms with Gasteiger partial charge in [-0.3, -0.25) is 9.59 Å². The number of amides is 2. The van der Waals surface area contributed by atoms with Crippen molar-refractivity contribution in [2.75, 3.05) is 7.05 Å². The van der Waals surface area contributed by atoms with Crippen LogP contribution in [0.4, 0.5) is 4.39 Å². The number of carbonyl (C=O) groups excluding carboxylic acids is 2. The predicted octanol–water partition coefficient (Wildman–Crippen LogP) is 4.06. The van der Waals surface area contributed by atoms with Gasteiger partial charge >= 0.3 is 0 Å². The summed E-state index contributed by atoms with van der Waals surface area (Å²) in [7, 11) is 1.58. The van der Waals surface area contributed by atoms with Crippen molar-refractivity contribution in [3.8, 4) is 0 Å². The van der Waals surface area contributed by atoms with Crippen LogP contribution in [0, 0.1) is 12.7 Å². The van der Waals surface area contributed by atoms with Crippen molar-refractivity contribution in [3.63, 3.8) is 0 Å². The first kappa shape index (κ1) is 22.2. The highest BCUT2D eigenvalue weighted by molar-refractivity contribution is 5.88. The Bertz CT molecular complexity index is 1000. The number of likely N-dealkylation sites (N-methyl/N-ethyl adjacent to an activating group) is 1. The number of nitrogens with zero attached hydrogens (tertiary/aromatic N) is 1. The Balaban J connectivity index is 1.92. The number of carbonyl (C=O) groups is 2. The molecule has 0 saturated heterocycles. The van der Waals surface area contributed by atoms with E-state index in [9.17, 15) is 14.0 Å². The van der Waals surface area contributed by atoms with Crippen molar-refractivity contribution in [3.05, 3.63) is 107 Å². The molecule has 3 rings (SSSR count). The Labute approximate surface area is 182 Å². The fraction of sp³-hybridized carbons (Fsp3) is 0.231. The highest BCUT2D eigenvalue weighted by Crippen LogP contribution is 2.17. The second-order valence-corrected chi connectivity index (χ2v) is 7.63. The molecule has 160 valence electrons. The van der Waals surface area contributed by atoms with Crippen LogP contribution in [0.25, 0.3) is 0 Å². The van der Waals surface area contributed by atoms with Gasteiger partial charge in [0.25, 0.3) is 0 Å². The zero-order valence-corrected chi connectivity index (χ0v) is 17.8. The molecule has 1 atom stereocenters. The second kappa shape index (κ2) is 10.5. The largest absolute Gasteiger partial charge is 0.357 e. The number of hydrogen-bond donors (Lipinski definition) is 1. The second-order valence-electron chi connectivity index (χ2n) is 7.63. The fourth-order valence-corrected chi connectivity index (χ4v) is 3.49. The maximum atomic E-state index is 13.4. The molecule has 0 aliphatic heterocycles. The van der Waals surface area contributed by atoms with E-state index in [4.69, 9.17) is 0 Å². The van der Waals surface area contributed by atoms with Gasteiger partial charge in [0.1, 0.15) is 11.9 Å². The molecule has 3 aromatic carbocycles. The average molecular weight is 419 g/mol. The van der Waals surface area contributed by atoms with E-state index in [0.717, 1.165) is 16.7 Å². The molecule has 0 bridgehead atoms. The summed E-state index contributed by atoms with van der Waals surface area (Å²) in [6.07, 6.45) is 0.496. The van der Waals surface area contributed by atoms with Crippen LogP contribution in [0.5, 0.6) is 0 Å². The average Bonchev–Trinajstić information content (AvgIpc) is 2.79. The van der Waals surface area contributed by atoms with Gasteiger partial charge in [-0.1, -0.05) is 72.3 Å². The van der Waals surface area contributed by atoms with Crippen molar-refractivity contribution < 1.29 is 14.0 Å². The van der Waals surface area contributed by atoms with E-state index in [1.807, 2.05) is 61.5 Å². The lowest BCUT2D eigenvalue weighted by atomic mass is 10.0. The summed E-state index contributed by atoms with van der Waals surface area (Å²) >= 11 is 0. The van der Waals surface area contributed by atoms with Crippen LogP contribution in [0.15, 0.2) is 78.9 Å². The topological polar surface area (TPSA) is 49.4 Å². The van der Waals surface area contributed by atoms with Crippen molar-refractivity contribution >= 4 is 11.8 Å². The van der Waals surface area contributed by atoms with Gasteiger partial charge in [-0.2, -0.15) is 0 Å². The molecule has 0 spiro atoms. The Morgan fingerprint density at radius 1 is 0.871 bits per heavy atom. The first-order valence-electron chi connectivity index (χ1n) is 10.3. The van der Waals surface area contributed by atoms with Gasteiger partial charge in [-0.15, -0.1) is 0 Å². The lowest BCUT2D eigenvalue weighted by molar-refractivity contribution is -0.140. The van der Waals surface area contributed by atoms with E-state index in [1.54, 1.807) is 24.1 Å². The van der Waals surface area contributed by atoms with Crippen LogP contribution in [0.3, 0.4) is 0 Å². The molecule has 3 aromatic rings. The third-order valence-electron chi connectivity index (χ3n) is 5.26. The zero-order valence-electron chi connectivity index (χ0n) is 17.8. The van der Waals surface area contributed by atoms with Crippen LogP contribution >= 0.6 is 0 Å². The zero-order chi connectivity index (χ0) is 22.2. The van der Waals surface area contributed by atoms with Gasteiger partial charge in [0, 0.05) is 20.0 Å². The third-order valence-corrected chi connectivity index (χ3v) is 5.26. The van der Waals surface area contributed by atoms with E-state index in [-0.39, 0.29) is 24.1 Å². The van der Waals surface area contributed by atoms with Gasteiger partial charge in [0.05, 0.1) is 6.42 Å². The molecule has 0 radical (unpaired) electrons. The molecule has 0 fully saturated rings. The number of hydrogen-bond acceptors (Lipinski definition) is 2. The Morgan fingerprint density at radius 3 is 2.10 bits per heavy atom. The molecular formula is C26H27FN2O2. The smallest absolute Gasteiger partial charge is 0.242 e. The van der Waals surface area contributed by atoms with Crippen molar-refractivity contribution in [1.82, 2.24) is 10.2 Å². The summed E-state index contributed by atoms with van der Waals surface area (Å²) < 4.78 is 13.3. The summed E-state index contributed by atoms with van der Waals surface area (Å²) in [5.41, 5.74) is 3.75. The summed E-state index contributed by atoms with van der Waals surface area (Å²) in [6, 6.07) is 22.8. The van der Waals surface area contributed by atoms with Gasteiger partial charge in [-0.25, -0.2) is 4.39 Å². The SMILES string of the molecule is CNC(=O)[C@@H](Cc1ccccc1)N(Cc1ccc(C)cc1)C(=O)Cc1ccc(F)cc1. The molecule has 31 heavy (non-hydrogen) atoms. The van der Waals surface area contributed by atoms with Crippen LogP contribution in [0.2, 0.25) is 0 Å². The maximum absolute atomic E-state index is 13.4. The molecular weight excluding hydrogens is 391 g/mol. The quantitative estimate of drug-likeness (QED) is 0.600. The van der Waals surface area contributed by atoms with Crippen molar-refractivity contribution in [2.24, 2.45) is 0 Å². The van der Waals surface area contributed by atoms with Crippen LogP contribution in [-0.2, 0) is 29.0 Å². The van der Waals surface area contributed by atoms with E-state index < -0.39 is 6.04 Å². The standard InChI is InChI=1S/C26H27FN2O2/c1-19-8-10-22(11-9-19)18-29(25(30)17-21-12-14-23(27)15-13-21)24(26(31)28-2)16-20-6-4-3-5-7-20/h3-15,24H,16-18H2,1-2H3,(H,28,31)/t24-/m1/s1. The molecule has 2 amide bonds. The first-order chi connectivity index (χ1) is 15.0. The first-order valence-corrected chi connectivity index (χ1v) is 10.3. The minimum atomic E-state index is -0.665. The Hall–Kier alpha value is -3.47. The number of benzene rings is 3. The van der Waals surface area contributed by atoms with Gasteiger partial charge in [0.2, 0.25) is 11.8 Å². The predicted molar refractivity (Wildman–Crippen MR) is 120 cm³/mol. The molecule has 0 unspecified atom stereocenters. The number of rotatable bonds is 8. The van der Waals surface area contributed by atoms with E-state index in [1.165, 1.54) is 12.1 Å². The summed E-state index contributed by atoms with van der Waals surface area (Å²) in [4.78, 5) is 27.8. The lowest BCUT2D eigenvalue weighted by Crippen LogP contribution is -2.50. The minimum absolute atomic E-state index is 0.0917. The van der Waals surface area contributed by atoms with Crippen LogP contribution in [-0.4, -0.2) is 29.8 Å². The van der Waals surface area contributed by atoms with Crippen molar-refractivity contribution in [2.45, 2.75) is 32.4 Å². The Kier molecular flexibility index (Phi) is 7.55. The van der Waals surface area contributed by atoms with Crippen molar-refractivity contribution in [1.29, 1.82) is 0 Å². The summed E-state index contributed by atoms with van der Waals surface area (Å²) in [5, 5.41) is 2.70. The molecule has 0 aliphatic rings. The monoisotopic (exact) mass is 418 g/mol. The van der Waals surface area contributed by atoms with Gasteiger partial charge in [-0.05, 0) is 35.7 Å². The number of halogens is 1. The molecule has 1 N–H and O–H groups in total. The van der Waals surface area contributed by atoms with Gasteiger partial charge in [0.15, 0.2) is 0 Å². The van der Waals surface area contributed by atoms with Crippen LogP contribution in [0.1, 0.15) is 22.3 Å². The van der Waals surface area contributed by atoms with Gasteiger partial charge < -0.3 is 10.2 Å². The highest BCUT2D eigenvalue weighted by Gasteiger charge is 2.29. The lowest BCUT2D eigenvalue weighted by Gasteiger charge is -2.31. The minimum Gasteiger partial charge on any atom is -0.357 e. The summed E-state index contributed by atoms with van der Waals surface area (Å²) in [5.74, 6) is -0.750. The molecule has 0 saturated carbocycles. The fourth-order valence-electron chi connectivity index (χ4n) is 3.49.